The number of amides is 1. The van der Waals surface area contributed by atoms with Gasteiger partial charge in [-0.1, -0.05) is 11.8 Å². The molecule has 1 amide bonds. The number of carbonyl (C=O) groups is 1. The predicted octanol–water partition coefficient (Wildman–Crippen LogP) is 1.64. The highest BCUT2D eigenvalue weighted by molar-refractivity contribution is 5.97. The molecule has 1 aromatic carbocycles. The van der Waals surface area contributed by atoms with Crippen molar-refractivity contribution in [2.24, 2.45) is 5.73 Å². The van der Waals surface area contributed by atoms with Crippen molar-refractivity contribution in [3.8, 4) is 11.8 Å². The molecule has 1 aliphatic rings. The van der Waals surface area contributed by atoms with Crippen molar-refractivity contribution in [1.29, 1.82) is 0 Å². The minimum atomic E-state index is -0.871. The molecule has 1 atom stereocenters. The molecule has 0 saturated carbocycles. The van der Waals surface area contributed by atoms with Crippen LogP contribution in [0.2, 0.25) is 0 Å². The van der Waals surface area contributed by atoms with Gasteiger partial charge in [-0.25, -0.2) is 4.39 Å². The Morgan fingerprint density at radius 3 is 3.00 bits per heavy atom. The molecular formula is C15H17FN2O2. The Balaban J connectivity index is 2.12. The summed E-state index contributed by atoms with van der Waals surface area (Å²) in [4.78, 5) is 12.1. The molecule has 1 aromatic rings. The number of halogens is 1. The average molecular weight is 276 g/mol. The maximum Gasteiger partial charge on any atom is 0.256 e. The summed E-state index contributed by atoms with van der Waals surface area (Å²) in [5.74, 6) is 4.53. The molecule has 20 heavy (non-hydrogen) atoms. The van der Waals surface area contributed by atoms with E-state index in [0.717, 1.165) is 6.42 Å². The van der Waals surface area contributed by atoms with E-state index >= 15 is 0 Å². The van der Waals surface area contributed by atoms with Crippen LogP contribution in [0.5, 0.6) is 0 Å². The van der Waals surface area contributed by atoms with E-state index in [2.05, 4.69) is 17.2 Å². The van der Waals surface area contributed by atoms with Crippen LogP contribution in [0.3, 0.4) is 0 Å². The van der Waals surface area contributed by atoms with Crippen molar-refractivity contribution in [2.45, 2.75) is 25.4 Å². The molecule has 1 heterocycles. The van der Waals surface area contributed by atoms with Crippen molar-refractivity contribution in [3.05, 3.63) is 29.6 Å². The van der Waals surface area contributed by atoms with Gasteiger partial charge in [-0.2, -0.15) is 0 Å². The Bertz CT molecular complexity index is 569. The zero-order chi connectivity index (χ0) is 14.6. The van der Waals surface area contributed by atoms with Gasteiger partial charge in [-0.05, 0) is 38.0 Å². The van der Waals surface area contributed by atoms with Crippen LogP contribution >= 0.6 is 0 Å². The Hall–Kier alpha value is -1.90. The van der Waals surface area contributed by atoms with Gasteiger partial charge in [0.15, 0.2) is 0 Å². The minimum Gasteiger partial charge on any atom is -0.365 e. The topological polar surface area (TPSA) is 64.4 Å². The van der Waals surface area contributed by atoms with E-state index in [4.69, 9.17) is 10.5 Å². The fourth-order valence-corrected chi connectivity index (χ4v) is 2.06. The van der Waals surface area contributed by atoms with Crippen molar-refractivity contribution in [1.82, 2.24) is 0 Å². The van der Waals surface area contributed by atoms with Gasteiger partial charge >= 0.3 is 0 Å². The Kier molecular flexibility index (Phi) is 4.38. The molecule has 5 heteroatoms. The third-order valence-corrected chi connectivity index (χ3v) is 3.25. The quantitative estimate of drug-likeness (QED) is 0.807. The fraction of sp³-hybridized carbons (Fsp3) is 0.400. The van der Waals surface area contributed by atoms with Crippen molar-refractivity contribution in [2.75, 3.05) is 18.5 Å². The monoisotopic (exact) mass is 276 g/mol. The SMILES string of the molecule is CC1(C(=O)Nc2ccc(C#CCN)cc2F)CCCO1. The second-order valence-electron chi connectivity index (χ2n) is 4.84. The van der Waals surface area contributed by atoms with Gasteiger partial charge in [0, 0.05) is 12.2 Å². The Morgan fingerprint density at radius 1 is 1.60 bits per heavy atom. The van der Waals surface area contributed by atoms with Gasteiger partial charge in [-0.3, -0.25) is 4.79 Å². The van der Waals surface area contributed by atoms with Gasteiger partial charge < -0.3 is 15.8 Å². The third-order valence-electron chi connectivity index (χ3n) is 3.25. The molecule has 0 aliphatic carbocycles. The van der Waals surface area contributed by atoms with Crippen LogP contribution < -0.4 is 11.1 Å². The summed E-state index contributed by atoms with van der Waals surface area (Å²) in [6.07, 6.45) is 1.47. The average Bonchev–Trinajstić information content (AvgIpc) is 2.87. The third kappa shape index (κ3) is 3.16. The Labute approximate surface area is 117 Å². The Morgan fingerprint density at radius 2 is 2.40 bits per heavy atom. The number of ether oxygens (including phenoxy) is 1. The number of rotatable bonds is 2. The molecule has 1 unspecified atom stereocenters. The molecule has 1 aliphatic heterocycles. The number of hydrogen-bond acceptors (Lipinski definition) is 3. The number of nitrogens with two attached hydrogens (primary N) is 1. The van der Waals surface area contributed by atoms with Crippen molar-refractivity contribution in [3.63, 3.8) is 0 Å². The van der Waals surface area contributed by atoms with E-state index in [1.165, 1.54) is 12.1 Å². The van der Waals surface area contributed by atoms with Gasteiger partial charge in [0.1, 0.15) is 11.4 Å². The summed E-state index contributed by atoms with van der Waals surface area (Å²) in [6.45, 7) is 2.49. The molecule has 2 rings (SSSR count). The molecular weight excluding hydrogens is 259 g/mol. The molecule has 0 radical (unpaired) electrons. The number of carbonyl (C=O) groups excluding carboxylic acids is 1. The second kappa shape index (κ2) is 6.04. The first-order chi connectivity index (χ1) is 9.55. The molecule has 4 nitrogen and oxygen atoms in total. The first-order valence-corrected chi connectivity index (χ1v) is 6.49. The van der Waals surface area contributed by atoms with Crippen LogP contribution in [0.15, 0.2) is 18.2 Å². The maximum atomic E-state index is 13.9. The lowest BCUT2D eigenvalue weighted by atomic mass is 10.0. The molecule has 3 N–H and O–H groups in total. The number of anilines is 1. The summed E-state index contributed by atoms with van der Waals surface area (Å²) >= 11 is 0. The highest BCUT2D eigenvalue weighted by atomic mass is 19.1. The maximum absolute atomic E-state index is 13.9. The zero-order valence-corrected chi connectivity index (χ0v) is 11.3. The van der Waals surface area contributed by atoms with Crippen LogP contribution in [0.1, 0.15) is 25.3 Å². The van der Waals surface area contributed by atoms with Gasteiger partial charge in [0.2, 0.25) is 0 Å². The highest BCUT2D eigenvalue weighted by Crippen LogP contribution is 2.27. The number of benzene rings is 1. The van der Waals surface area contributed by atoms with Crippen LogP contribution in [0, 0.1) is 17.7 Å². The number of hydrogen-bond donors (Lipinski definition) is 2. The van der Waals surface area contributed by atoms with E-state index in [1.807, 2.05) is 0 Å². The summed E-state index contributed by atoms with van der Waals surface area (Å²) in [5.41, 5.74) is 5.04. The van der Waals surface area contributed by atoms with E-state index in [9.17, 15) is 9.18 Å². The standard InChI is InChI=1S/C15H17FN2O2/c1-15(7-3-9-20-15)14(19)18-13-6-5-11(4-2-8-17)10-12(13)16/h5-6,10H,3,7-9,17H2,1H3,(H,18,19). The van der Waals surface area contributed by atoms with Crippen molar-refractivity contribution < 1.29 is 13.9 Å². The minimum absolute atomic E-state index is 0.130. The predicted molar refractivity (Wildman–Crippen MR) is 74.6 cm³/mol. The van der Waals surface area contributed by atoms with E-state index in [-0.39, 0.29) is 18.1 Å². The largest absolute Gasteiger partial charge is 0.365 e. The molecule has 0 aromatic heterocycles. The normalized spacial score (nSPS) is 21.1. The van der Waals surface area contributed by atoms with E-state index in [0.29, 0.717) is 18.6 Å². The lowest BCUT2D eigenvalue weighted by molar-refractivity contribution is -0.133. The first kappa shape index (κ1) is 14.5. The van der Waals surface area contributed by atoms with Crippen LogP contribution in [0.25, 0.3) is 0 Å². The smallest absolute Gasteiger partial charge is 0.256 e. The number of nitrogens with one attached hydrogen (secondary N) is 1. The van der Waals surface area contributed by atoms with E-state index < -0.39 is 11.4 Å². The first-order valence-electron chi connectivity index (χ1n) is 6.49. The van der Waals surface area contributed by atoms with Crippen LogP contribution in [0.4, 0.5) is 10.1 Å². The van der Waals surface area contributed by atoms with Crippen molar-refractivity contribution >= 4 is 11.6 Å². The second-order valence-corrected chi connectivity index (χ2v) is 4.84. The molecule has 106 valence electrons. The van der Waals surface area contributed by atoms with Crippen LogP contribution in [-0.4, -0.2) is 24.7 Å². The molecule has 1 saturated heterocycles. The lowest BCUT2D eigenvalue weighted by Gasteiger charge is -2.22. The van der Waals surface area contributed by atoms with Gasteiger partial charge in [0.25, 0.3) is 5.91 Å². The summed E-state index contributed by atoms with van der Waals surface area (Å²) in [6, 6.07) is 4.40. The molecule has 0 bridgehead atoms. The highest BCUT2D eigenvalue weighted by Gasteiger charge is 2.37. The molecule has 1 fully saturated rings. The van der Waals surface area contributed by atoms with Gasteiger partial charge in [-0.15, -0.1) is 0 Å². The lowest BCUT2D eigenvalue weighted by Crippen LogP contribution is -2.39. The zero-order valence-electron chi connectivity index (χ0n) is 11.3. The molecule has 0 spiro atoms. The van der Waals surface area contributed by atoms with Gasteiger partial charge in [0.05, 0.1) is 12.2 Å². The summed E-state index contributed by atoms with van der Waals surface area (Å²) < 4.78 is 19.3. The fourth-order valence-electron chi connectivity index (χ4n) is 2.06. The van der Waals surface area contributed by atoms with E-state index in [1.54, 1.807) is 13.0 Å². The van der Waals surface area contributed by atoms with Crippen LogP contribution in [-0.2, 0) is 9.53 Å². The summed E-state index contributed by atoms with van der Waals surface area (Å²) in [5, 5.41) is 2.56. The summed E-state index contributed by atoms with van der Waals surface area (Å²) in [7, 11) is 0.